The normalized spacial score (nSPS) is 21.8. The second-order valence-electron chi connectivity index (χ2n) is 9.25. The number of benzene rings is 1. The van der Waals surface area contributed by atoms with Crippen LogP contribution >= 0.6 is 0 Å². The van der Waals surface area contributed by atoms with Gasteiger partial charge < -0.3 is 14.2 Å². The van der Waals surface area contributed by atoms with Crippen molar-refractivity contribution >= 4 is 17.0 Å². The molecule has 32 heavy (non-hydrogen) atoms. The number of amides is 1. The smallest absolute Gasteiger partial charge is 0.410 e. The highest BCUT2D eigenvalue weighted by molar-refractivity contribution is 5.83. The van der Waals surface area contributed by atoms with Crippen molar-refractivity contribution in [3.8, 4) is 11.4 Å². The van der Waals surface area contributed by atoms with Crippen LogP contribution in [0.25, 0.3) is 22.3 Å². The molecule has 2 aliphatic rings. The first kappa shape index (κ1) is 20.8. The first-order chi connectivity index (χ1) is 15.2. The Kier molecular flexibility index (Phi) is 4.72. The summed E-state index contributed by atoms with van der Waals surface area (Å²) in [6.45, 7) is 5.28. The minimum atomic E-state index is -3.20. The molecular formula is C22H25F2N5O3. The first-order valence-corrected chi connectivity index (χ1v) is 10.8. The molecule has 0 N–H and O–H groups in total. The van der Waals surface area contributed by atoms with E-state index in [1.807, 2.05) is 36.7 Å². The van der Waals surface area contributed by atoms with Gasteiger partial charge in [-0.05, 0) is 46.1 Å². The van der Waals surface area contributed by atoms with E-state index >= 15 is 0 Å². The SMILES string of the molecule is CC(C)n1ncc2ccc(-c3noc(C4CCN(C(=O)OC5(C)CC5)CC4(F)F)n3)cc21. The second kappa shape index (κ2) is 7.25. The van der Waals surface area contributed by atoms with Crippen LogP contribution in [-0.2, 0) is 4.74 Å². The molecule has 0 bridgehead atoms. The minimum Gasteiger partial charge on any atom is -0.443 e. The topological polar surface area (TPSA) is 86.3 Å². The van der Waals surface area contributed by atoms with Crippen molar-refractivity contribution in [1.82, 2.24) is 24.8 Å². The van der Waals surface area contributed by atoms with Crippen LogP contribution in [0.15, 0.2) is 28.9 Å². The number of carbonyl (C=O) groups is 1. The van der Waals surface area contributed by atoms with Gasteiger partial charge in [-0.15, -0.1) is 0 Å². The highest BCUT2D eigenvalue weighted by atomic mass is 19.3. The number of alkyl halides is 2. The zero-order valence-corrected chi connectivity index (χ0v) is 18.2. The summed E-state index contributed by atoms with van der Waals surface area (Å²) in [6, 6.07) is 5.76. The summed E-state index contributed by atoms with van der Waals surface area (Å²) in [7, 11) is 0. The van der Waals surface area contributed by atoms with Gasteiger partial charge in [0.25, 0.3) is 5.92 Å². The number of likely N-dealkylation sites (tertiary alicyclic amines) is 1. The number of fused-ring (bicyclic) bond motifs is 1. The Morgan fingerprint density at radius 3 is 2.78 bits per heavy atom. The van der Waals surface area contributed by atoms with Gasteiger partial charge in [-0.1, -0.05) is 17.3 Å². The molecule has 5 rings (SSSR count). The molecule has 1 aromatic carbocycles. The van der Waals surface area contributed by atoms with Crippen molar-refractivity contribution < 1.29 is 22.8 Å². The number of ether oxygens (including phenoxy) is 1. The van der Waals surface area contributed by atoms with Gasteiger partial charge in [0.05, 0.1) is 18.3 Å². The first-order valence-electron chi connectivity index (χ1n) is 10.8. The predicted octanol–water partition coefficient (Wildman–Crippen LogP) is 4.78. The Labute approximate surface area is 183 Å². The zero-order chi connectivity index (χ0) is 22.7. The number of hydrogen-bond acceptors (Lipinski definition) is 6. The molecule has 2 fully saturated rings. The zero-order valence-electron chi connectivity index (χ0n) is 18.2. The second-order valence-corrected chi connectivity index (χ2v) is 9.25. The molecule has 3 aromatic rings. The Hall–Kier alpha value is -3.04. The van der Waals surface area contributed by atoms with Crippen LogP contribution in [0.1, 0.15) is 57.9 Å². The van der Waals surface area contributed by atoms with Crippen molar-refractivity contribution in [2.24, 2.45) is 0 Å². The lowest BCUT2D eigenvalue weighted by Crippen LogP contribution is -2.50. The summed E-state index contributed by atoms with van der Waals surface area (Å²) < 4.78 is 42.4. The van der Waals surface area contributed by atoms with Crippen LogP contribution in [0.5, 0.6) is 0 Å². The molecule has 1 aliphatic heterocycles. The molecule has 1 unspecified atom stereocenters. The fraction of sp³-hybridized carbons (Fsp3) is 0.545. The maximum atomic E-state index is 14.9. The van der Waals surface area contributed by atoms with E-state index in [2.05, 4.69) is 15.2 Å². The van der Waals surface area contributed by atoms with Crippen LogP contribution in [0.3, 0.4) is 0 Å². The van der Waals surface area contributed by atoms with E-state index in [1.54, 1.807) is 13.1 Å². The monoisotopic (exact) mass is 445 g/mol. The van der Waals surface area contributed by atoms with Gasteiger partial charge in [-0.2, -0.15) is 10.1 Å². The number of aromatic nitrogens is 4. The minimum absolute atomic E-state index is 0.0135. The summed E-state index contributed by atoms with van der Waals surface area (Å²) in [6.07, 6.45) is 2.63. The lowest BCUT2D eigenvalue weighted by molar-refractivity contribution is -0.0884. The van der Waals surface area contributed by atoms with Crippen LogP contribution in [0, 0.1) is 0 Å². The lowest BCUT2D eigenvalue weighted by atomic mass is 9.93. The molecule has 10 heteroatoms. The predicted molar refractivity (Wildman–Crippen MR) is 111 cm³/mol. The van der Waals surface area contributed by atoms with E-state index < -0.39 is 30.1 Å². The largest absolute Gasteiger partial charge is 0.443 e. The number of nitrogens with zero attached hydrogens (tertiary/aromatic N) is 5. The maximum absolute atomic E-state index is 14.9. The average Bonchev–Trinajstić information content (AvgIpc) is 3.14. The molecule has 0 radical (unpaired) electrons. The summed E-state index contributed by atoms with van der Waals surface area (Å²) in [5.41, 5.74) is 1.07. The molecule has 1 saturated heterocycles. The van der Waals surface area contributed by atoms with Crippen LogP contribution in [0.2, 0.25) is 0 Å². The Morgan fingerprint density at radius 2 is 2.09 bits per heavy atom. The average molecular weight is 445 g/mol. The Balaban J connectivity index is 1.35. The Bertz CT molecular complexity index is 1170. The van der Waals surface area contributed by atoms with Gasteiger partial charge in [0.1, 0.15) is 11.5 Å². The van der Waals surface area contributed by atoms with Crippen molar-refractivity contribution in [1.29, 1.82) is 0 Å². The van der Waals surface area contributed by atoms with Crippen molar-refractivity contribution in [2.45, 2.75) is 63.5 Å². The van der Waals surface area contributed by atoms with E-state index in [0.29, 0.717) is 5.56 Å². The van der Waals surface area contributed by atoms with Crippen LogP contribution in [-0.4, -0.2) is 55.5 Å². The quantitative estimate of drug-likeness (QED) is 0.574. The van der Waals surface area contributed by atoms with E-state index in [9.17, 15) is 13.6 Å². The van der Waals surface area contributed by atoms with Gasteiger partial charge in [-0.3, -0.25) is 4.68 Å². The van der Waals surface area contributed by atoms with E-state index in [-0.39, 0.29) is 30.7 Å². The van der Waals surface area contributed by atoms with Crippen molar-refractivity contribution in [3.63, 3.8) is 0 Å². The van der Waals surface area contributed by atoms with E-state index in [0.717, 1.165) is 28.6 Å². The highest BCUT2D eigenvalue weighted by Crippen LogP contribution is 2.42. The van der Waals surface area contributed by atoms with Crippen LogP contribution in [0.4, 0.5) is 13.6 Å². The molecule has 2 aromatic heterocycles. The summed E-state index contributed by atoms with van der Waals surface area (Å²) in [4.78, 5) is 17.6. The number of halogens is 2. The fourth-order valence-corrected chi connectivity index (χ4v) is 4.04. The van der Waals surface area contributed by atoms with E-state index in [4.69, 9.17) is 9.26 Å². The lowest BCUT2D eigenvalue weighted by Gasteiger charge is -2.36. The summed E-state index contributed by atoms with van der Waals surface area (Å²) >= 11 is 0. The van der Waals surface area contributed by atoms with Gasteiger partial charge in [0.15, 0.2) is 0 Å². The van der Waals surface area contributed by atoms with Crippen LogP contribution < -0.4 is 0 Å². The summed E-state index contributed by atoms with van der Waals surface area (Å²) in [5, 5.41) is 9.30. The molecular weight excluding hydrogens is 420 g/mol. The number of rotatable bonds is 4. The molecule has 170 valence electrons. The fourth-order valence-electron chi connectivity index (χ4n) is 4.04. The highest BCUT2D eigenvalue weighted by Gasteiger charge is 2.51. The molecule has 1 atom stereocenters. The van der Waals surface area contributed by atoms with Crippen molar-refractivity contribution in [2.75, 3.05) is 13.1 Å². The van der Waals surface area contributed by atoms with Gasteiger partial charge in [0.2, 0.25) is 11.7 Å². The third-order valence-corrected chi connectivity index (χ3v) is 6.23. The summed E-state index contributed by atoms with van der Waals surface area (Å²) in [5.74, 6) is -4.33. The Morgan fingerprint density at radius 1 is 1.31 bits per heavy atom. The molecule has 3 heterocycles. The van der Waals surface area contributed by atoms with Gasteiger partial charge in [-0.25, -0.2) is 13.6 Å². The maximum Gasteiger partial charge on any atom is 0.410 e. The number of hydrogen-bond donors (Lipinski definition) is 0. The molecule has 8 nitrogen and oxygen atoms in total. The van der Waals surface area contributed by atoms with Gasteiger partial charge in [0, 0.05) is 23.5 Å². The molecule has 0 spiro atoms. The molecule has 1 saturated carbocycles. The third kappa shape index (κ3) is 3.71. The number of piperidine rings is 1. The van der Waals surface area contributed by atoms with Gasteiger partial charge >= 0.3 is 6.09 Å². The third-order valence-electron chi connectivity index (χ3n) is 6.23. The van der Waals surface area contributed by atoms with E-state index in [1.165, 1.54) is 0 Å². The van der Waals surface area contributed by atoms with Crippen molar-refractivity contribution in [3.05, 3.63) is 30.3 Å². The molecule has 1 amide bonds. The molecule has 1 aliphatic carbocycles. The standard InChI is InChI=1S/C22H25F2N5O3/c1-13(2)29-17-10-14(4-5-15(17)11-25-29)18-26-19(32-27-18)16-6-9-28(12-22(16,23)24)20(30)31-21(3)7-8-21/h4-5,10-11,13,16H,6-9,12H2,1-3H3. The number of carbonyl (C=O) groups excluding carboxylic acids is 1.